The highest BCUT2D eigenvalue weighted by atomic mass is 16.3. The second kappa shape index (κ2) is 2.73. The maximum atomic E-state index is 10.6. The van der Waals surface area contributed by atoms with Crippen LogP contribution < -0.4 is 0 Å². The molecule has 15 heavy (non-hydrogen) atoms. The molecule has 1 aromatic rings. The molecule has 2 aliphatic rings. The van der Waals surface area contributed by atoms with Crippen molar-refractivity contribution in [2.24, 2.45) is 5.41 Å². The third kappa shape index (κ3) is 1.02. The van der Waals surface area contributed by atoms with E-state index in [1.165, 1.54) is 11.1 Å². The van der Waals surface area contributed by atoms with Crippen molar-refractivity contribution in [2.45, 2.75) is 31.3 Å². The van der Waals surface area contributed by atoms with Crippen molar-refractivity contribution in [1.29, 1.82) is 0 Å². The third-order valence-corrected chi connectivity index (χ3v) is 4.17. The van der Waals surface area contributed by atoms with Gasteiger partial charge < -0.3 is 5.11 Å². The van der Waals surface area contributed by atoms with E-state index < -0.39 is 5.60 Å². The predicted molar refractivity (Wildman–Crippen MR) is 60.5 cm³/mol. The Balaban J connectivity index is 1.95. The molecular weight excluding hydrogens is 184 g/mol. The van der Waals surface area contributed by atoms with Gasteiger partial charge in [0.2, 0.25) is 0 Å². The molecule has 1 aromatic carbocycles. The minimum atomic E-state index is -0.507. The monoisotopic (exact) mass is 200 g/mol. The van der Waals surface area contributed by atoms with Crippen LogP contribution in [0.15, 0.2) is 36.9 Å². The van der Waals surface area contributed by atoms with Gasteiger partial charge in [0.25, 0.3) is 0 Å². The predicted octanol–water partition coefficient (Wildman–Crippen LogP) is 2.79. The number of hydrogen-bond acceptors (Lipinski definition) is 1. The molecule has 0 bridgehead atoms. The molecule has 0 amide bonds. The standard InChI is InChI=1S/C14H16O/c1-2-3-8-13-9-11-6-4-5-7-12(11)14(13,15)10-13/h2,4-7,15H,1,3,8-10H2. The van der Waals surface area contributed by atoms with Crippen LogP contribution in [0, 0.1) is 5.41 Å². The van der Waals surface area contributed by atoms with E-state index in [1.807, 2.05) is 12.1 Å². The second-order valence-electron chi connectivity index (χ2n) is 4.98. The Labute approximate surface area is 90.4 Å². The molecule has 1 heteroatoms. The van der Waals surface area contributed by atoms with Crippen molar-refractivity contribution in [3.63, 3.8) is 0 Å². The van der Waals surface area contributed by atoms with Crippen molar-refractivity contribution >= 4 is 0 Å². The molecule has 0 spiro atoms. The van der Waals surface area contributed by atoms with Crippen LogP contribution in [-0.4, -0.2) is 5.11 Å². The van der Waals surface area contributed by atoms with Gasteiger partial charge in [0, 0.05) is 5.41 Å². The molecule has 0 aliphatic heterocycles. The summed E-state index contributed by atoms with van der Waals surface area (Å²) in [6.07, 6.45) is 6.03. The van der Waals surface area contributed by atoms with E-state index in [2.05, 4.69) is 24.8 Å². The second-order valence-corrected chi connectivity index (χ2v) is 4.98. The van der Waals surface area contributed by atoms with Gasteiger partial charge in [-0.3, -0.25) is 0 Å². The topological polar surface area (TPSA) is 20.2 Å². The fourth-order valence-corrected chi connectivity index (χ4v) is 3.24. The summed E-state index contributed by atoms with van der Waals surface area (Å²) in [6, 6.07) is 8.32. The first-order chi connectivity index (χ1) is 7.22. The summed E-state index contributed by atoms with van der Waals surface area (Å²) in [4.78, 5) is 0. The lowest BCUT2D eigenvalue weighted by atomic mass is 9.95. The minimum absolute atomic E-state index is 0.144. The van der Waals surface area contributed by atoms with E-state index in [1.54, 1.807) is 0 Å². The van der Waals surface area contributed by atoms with Crippen molar-refractivity contribution in [3.8, 4) is 0 Å². The van der Waals surface area contributed by atoms with Crippen LogP contribution in [0.2, 0.25) is 0 Å². The Morgan fingerprint density at radius 1 is 1.40 bits per heavy atom. The SMILES string of the molecule is C=CCCC12Cc3ccccc3C1(O)C2. The molecule has 0 aromatic heterocycles. The van der Waals surface area contributed by atoms with Crippen molar-refractivity contribution in [2.75, 3.05) is 0 Å². The Bertz CT molecular complexity index is 423. The smallest absolute Gasteiger partial charge is 0.0966 e. The highest BCUT2D eigenvalue weighted by molar-refractivity contribution is 5.48. The summed E-state index contributed by atoms with van der Waals surface area (Å²) < 4.78 is 0. The third-order valence-electron chi connectivity index (χ3n) is 4.17. The lowest BCUT2D eigenvalue weighted by Gasteiger charge is -2.12. The number of aliphatic hydroxyl groups is 1. The lowest BCUT2D eigenvalue weighted by Crippen LogP contribution is -2.12. The first-order valence-electron chi connectivity index (χ1n) is 5.64. The van der Waals surface area contributed by atoms with Crippen LogP contribution in [0.3, 0.4) is 0 Å². The van der Waals surface area contributed by atoms with E-state index in [0.29, 0.717) is 0 Å². The van der Waals surface area contributed by atoms with Crippen LogP contribution in [0.1, 0.15) is 30.4 Å². The van der Waals surface area contributed by atoms with Crippen molar-refractivity contribution in [1.82, 2.24) is 0 Å². The van der Waals surface area contributed by atoms with Gasteiger partial charge in [-0.1, -0.05) is 30.3 Å². The Hall–Kier alpha value is -1.08. The van der Waals surface area contributed by atoms with Gasteiger partial charge in [-0.15, -0.1) is 6.58 Å². The van der Waals surface area contributed by atoms with Gasteiger partial charge in [0.1, 0.15) is 0 Å². The molecule has 1 nitrogen and oxygen atoms in total. The number of allylic oxidation sites excluding steroid dienone is 1. The van der Waals surface area contributed by atoms with Crippen molar-refractivity contribution in [3.05, 3.63) is 48.0 Å². The molecule has 1 N–H and O–H groups in total. The molecule has 78 valence electrons. The Kier molecular flexibility index (Phi) is 1.67. The van der Waals surface area contributed by atoms with Crippen LogP contribution in [-0.2, 0) is 12.0 Å². The number of benzene rings is 1. The zero-order chi connectivity index (χ0) is 10.5. The first-order valence-corrected chi connectivity index (χ1v) is 5.64. The van der Waals surface area contributed by atoms with E-state index in [9.17, 15) is 5.11 Å². The molecule has 2 atom stereocenters. The zero-order valence-electron chi connectivity index (χ0n) is 8.87. The molecular formula is C14H16O. The van der Waals surface area contributed by atoms with Gasteiger partial charge in [0.15, 0.2) is 0 Å². The van der Waals surface area contributed by atoms with Gasteiger partial charge in [0.05, 0.1) is 5.60 Å². The average Bonchev–Trinajstić information content (AvgIpc) is 2.75. The van der Waals surface area contributed by atoms with E-state index in [4.69, 9.17) is 0 Å². The molecule has 0 heterocycles. The highest BCUT2D eigenvalue weighted by Crippen LogP contribution is 2.71. The molecule has 0 saturated heterocycles. The summed E-state index contributed by atoms with van der Waals surface area (Å²) in [5.41, 5.74) is 2.15. The quantitative estimate of drug-likeness (QED) is 0.744. The van der Waals surface area contributed by atoms with Gasteiger partial charge in [-0.25, -0.2) is 0 Å². The minimum Gasteiger partial charge on any atom is -0.385 e. The van der Waals surface area contributed by atoms with E-state index in [0.717, 1.165) is 25.7 Å². The van der Waals surface area contributed by atoms with Crippen LogP contribution in [0.5, 0.6) is 0 Å². The summed E-state index contributed by atoms with van der Waals surface area (Å²) in [5, 5.41) is 10.6. The van der Waals surface area contributed by atoms with Crippen LogP contribution in [0.25, 0.3) is 0 Å². The van der Waals surface area contributed by atoms with Crippen molar-refractivity contribution < 1.29 is 5.11 Å². The summed E-state index contributed by atoms with van der Waals surface area (Å²) in [5.74, 6) is 0. The molecule has 2 aliphatic carbocycles. The Morgan fingerprint density at radius 3 is 2.93 bits per heavy atom. The summed E-state index contributed by atoms with van der Waals surface area (Å²) >= 11 is 0. The Morgan fingerprint density at radius 2 is 2.20 bits per heavy atom. The van der Waals surface area contributed by atoms with Gasteiger partial charge in [-0.2, -0.15) is 0 Å². The normalized spacial score (nSPS) is 35.8. The summed E-state index contributed by atoms with van der Waals surface area (Å²) in [6.45, 7) is 3.76. The van der Waals surface area contributed by atoms with E-state index >= 15 is 0 Å². The number of fused-ring (bicyclic) bond motifs is 3. The number of hydrogen-bond donors (Lipinski definition) is 1. The number of rotatable bonds is 3. The largest absolute Gasteiger partial charge is 0.385 e. The lowest BCUT2D eigenvalue weighted by molar-refractivity contribution is 0.105. The van der Waals surface area contributed by atoms with Gasteiger partial charge in [-0.05, 0) is 36.8 Å². The fraction of sp³-hybridized carbons (Fsp3) is 0.429. The highest BCUT2D eigenvalue weighted by Gasteiger charge is 2.70. The first kappa shape index (κ1) is 9.17. The average molecular weight is 200 g/mol. The maximum Gasteiger partial charge on any atom is 0.0966 e. The molecule has 0 radical (unpaired) electrons. The zero-order valence-corrected chi connectivity index (χ0v) is 8.87. The molecule has 1 fully saturated rings. The van der Waals surface area contributed by atoms with Crippen LogP contribution >= 0.6 is 0 Å². The van der Waals surface area contributed by atoms with Gasteiger partial charge >= 0.3 is 0 Å². The molecule has 3 rings (SSSR count). The van der Waals surface area contributed by atoms with Crippen LogP contribution in [0.4, 0.5) is 0 Å². The fourth-order valence-electron chi connectivity index (χ4n) is 3.24. The molecule has 1 saturated carbocycles. The van der Waals surface area contributed by atoms with E-state index in [-0.39, 0.29) is 5.41 Å². The summed E-state index contributed by atoms with van der Waals surface area (Å²) in [7, 11) is 0. The molecule has 2 unspecified atom stereocenters. The maximum absolute atomic E-state index is 10.6.